The first-order valence-corrected chi connectivity index (χ1v) is 7.99. The molecule has 0 bridgehead atoms. The molecule has 0 atom stereocenters. The van der Waals surface area contributed by atoms with E-state index >= 15 is 0 Å². The van der Waals surface area contributed by atoms with Gasteiger partial charge in [-0.05, 0) is 42.2 Å². The van der Waals surface area contributed by atoms with E-state index in [2.05, 4.69) is 53.0 Å². The van der Waals surface area contributed by atoms with Gasteiger partial charge in [-0.3, -0.25) is 0 Å². The number of hydrogen-bond acceptors (Lipinski definition) is 1. The van der Waals surface area contributed by atoms with Crippen LogP contribution in [0.3, 0.4) is 0 Å². The van der Waals surface area contributed by atoms with E-state index in [9.17, 15) is 0 Å². The van der Waals surface area contributed by atoms with E-state index in [1.165, 1.54) is 16.8 Å². The third kappa shape index (κ3) is 3.40. The zero-order valence-electron chi connectivity index (χ0n) is 12.7. The molecule has 1 aromatic heterocycles. The van der Waals surface area contributed by atoms with E-state index in [-0.39, 0.29) is 0 Å². The van der Waals surface area contributed by atoms with Gasteiger partial charge in [-0.1, -0.05) is 55.3 Å². The summed E-state index contributed by atoms with van der Waals surface area (Å²) in [5.41, 5.74) is 4.80. The zero-order valence-corrected chi connectivity index (χ0v) is 13.4. The third-order valence-electron chi connectivity index (χ3n) is 3.70. The van der Waals surface area contributed by atoms with E-state index in [1.807, 2.05) is 24.5 Å². The van der Waals surface area contributed by atoms with Crippen molar-refractivity contribution >= 4 is 11.6 Å². The fraction of sp³-hybridized carbons (Fsp3) is 0.211. The van der Waals surface area contributed by atoms with Crippen LogP contribution in [0.5, 0.6) is 0 Å². The largest absolute Gasteiger partial charge is 0.306 e. The molecule has 22 heavy (non-hydrogen) atoms. The van der Waals surface area contributed by atoms with Gasteiger partial charge in [-0.2, -0.15) is 0 Å². The number of para-hydroxylation sites is 1. The Morgan fingerprint density at radius 3 is 2.77 bits per heavy atom. The molecule has 0 amide bonds. The summed E-state index contributed by atoms with van der Waals surface area (Å²) < 4.78 is 2.12. The molecular formula is C19H19ClN2. The lowest BCUT2D eigenvalue weighted by Crippen LogP contribution is -1.98. The summed E-state index contributed by atoms with van der Waals surface area (Å²) in [4.78, 5) is 4.49. The second-order valence-electron chi connectivity index (χ2n) is 5.46. The van der Waals surface area contributed by atoms with Gasteiger partial charge in [0.15, 0.2) is 0 Å². The number of nitrogens with zero attached hydrogens (tertiary/aromatic N) is 2. The molecule has 0 radical (unpaired) electrons. The first-order valence-electron chi connectivity index (χ1n) is 7.62. The lowest BCUT2D eigenvalue weighted by molar-refractivity contribution is 0.891. The molecule has 0 unspecified atom stereocenters. The Morgan fingerprint density at radius 2 is 1.95 bits per heavy atom. The number of aryl methyl sites for hydroxylation is 1. The Kier molecular flexibility index (Phi) is 4.59. The third-order valence-corrected chi connectivity index (χ3v) is 3.93. The van der Waals surface area contributed by atoms with E-state index in [0.29, 0.717) is 0 Å². The molecule has 3 aromatic rings. The summed E-state index contributed by atoms with van der Waals surface area (Å²) in [6.45, 7) is 2.17. The number of imidazole rings is 1. The van der Waals surface area contributed by atoms with Crippen LogP contribution in [0.4, 0.5) is 0 Å². The minimum absolute atomic E-state index is 0.780. The lowest BCUT2D eigenvalue weighted by atomic mass is 10.0. The van der Waals surface area contributed by atoms with Crippen LogP contribution >= 0.6 is 11.6 Å². The van der Waals surface area contributed by atoms with Gasteiger partial charge in [0.2, 0.25) is 0 Å². The Morgan fingerprint density at radius 1 is 1.09 bits per heavy atom. The molecule has 0 aliphatic carbocycles. The highest BCUT2D eigenvalue weighted by molar-refractivity contribution is 6.30. The van der Waals surface area contributed by atoms with Gasteiger partial charge in [0.05, 0.1) is 12.0 Å². The van der Waals surface area contributed by atoms with Gasteiger partial charge >= 0.3 is 0 Å². The summed E-state index contributed by atoms with van der Waals surface area (Å²) in [6, 6.07) is 16.5. The number of halogens is 1. The molecule has 0 aliphatic rings. The summed E-state index contributed by atoms with van der Waals surface area (Å²) in [5, 5.41) is 0.780. The second-order valence-corrected chi connectivity index (χ2v) is 5.89. The molecule has 2 aromatic carbocycles. The van der Waals surface area contributed by atoms with Gasteiger partial charge < -0.3 is 4.57 Å². The van der Waals surface area contributed by atoms with Crippen molar-refractivity contribution in [2.24, 2.45) is 0 Å². The first-order chi connectivity index (χ1) is 10.8. The topological polar surface area (TPSA) is 17.8 Å². The quantitative estimate of drug-likeness (QED) is 0.643. The first kappa shape index (κ1) is 14.9. The fourth-order valence-electron chi connectivity index (χ4n) is 2.66. The average molecular weight is 311 g/mol. The lowest BCUT2D eigenvalue weighted by Gasteiger charge is -2.10. The van der Waals surface area contributed by atoms with Gasteiger partial charge in [-0.25, -0.2) is 4.98 Å². The van der Waals surface area contributed by atoms with E-state index in [1.54, 1.807) is 0 Å². The average Bonchev–Trinajstić information content (AvgIpc) is 2.97. The predicted molar refractivity (Wildman–Crippen MR) is 91.8 cm³/mol. The van der Waals surface area contributed by atoms with Crippen LogP contribution in [0, 0.1) is 0 Å². The maximum atomic E-state index is 6.09. The van der Waals surface area contributed by atoms with Crippen LogP contribution in [0.25, 0.3) is 5.69 Å². The van der Waals surface area contributed by atoms with E-state index in [0.717, 1.165) is 30.0 Å². The maximum Gasteiger partial charge on any atom is 0.0995 e. The molecule has 3 heteroatoms. The van der Waals surface area contributed by atoms with Crippen LogP contribution in [-0.4, -0.2) is 9.55 Å². The Balaban J connectivity index is 1.92. The molecule has 3 rings (SSSR count). The summed E-state index contributed by atoms with van der Waals surface area (Å²) in [5.74, 6) is 0. The fourth-order valence-corrected chi connectivity index (χ4v) is 2.87. The van der Waals surface area contributed by atoms with Crippen LogP contribution in [0.15, 0.2) is 61.1 Å². The van der Waals surface area contributed by atoms with Crippen LogP contribution in [-0.2, 0) is 12.8 Å². The van der Waals surface area contributed by atoms with Gasteiger partial charge in [0.25, 0.3) is 0 Å². The van der Waals surface area contributed by atoms with Gasteiger partial charge in [0.1, 0.15) is 0 Å². The molecule has 0 fully saturated rings. The maximum absolute atomic E-state index is 6.09. The molecule has 112 valence electrons. The van der Waals surface area contributed by atoms with Crippen molar-refractivity contribution < 1.29 is 0 Å². The molecule has 1 heterocycles. The monoisotopic (exact) mass is 310 g/mol. The molecule has 0 aliphatic heterocycles. The highest BCUT2D eigenvalue weighted by Gasteiger charge is 2.07. The molecule has 0 spiro atoms. The number of aromatic nitrogens is 2. The normalized spacial score (nSPS) is 10.8. The minimum atomic E-state index is 0.780. The Hall–Kier alpha value is -2.06. The minimum Gasteiger partial charge on any atom is -0.306 e. The number of benzene rings is 2. The number of rotatable bonds is 5. The molecule has 0 N–H and O–H groups in total. The molecular weight excluding hydrogens is 292 g/mol. The Bertz CT molecular complexity index is 761. The zero-order chi connectivity index (χ0) is 15.4. The van der Waals surface area contributed by atoms with Gasteiger partial charge in [-0.15, -0.1) is 0 Å². The van der Waals surface area contributed by atoms with Crippen molar-refractivity contribution in [2.45, 2.75) is 26.2 Å². The van der Waals surface area contributed by atoms with E-state index in [4.69, 9.17) is 11.6 Å². The van der Waals surface area contributed by atoms with Crippen molar-refractivity contribution in [3.05, 3.63) is 82.9 Å². The van der Waals surface area contributed by atoms with Crippen molar-refractivity contribution in [3.8, 4) is 5.69 Å². The highest BCUT2D eigenvalue weighted by atomic mass is 35.5. The summed E-state index contributed by atoms with van der Waals surface area (Å²) in [7, 11) is 0. The molecule has 0 saturated carbocycles. The molecule has 0 saturated heterocycles. The van der Waals surface area contributed by atoms with Crippen LogP contribution < -0.4 is 0 Å². The smallest absolute Gasteiger partial charge is 0.0995 e. The summed E-state index contributed by atoms with van der Waals surface area (Å²) in [6.07, 6.45) is 7.02. The standard InChI is InChI=1S/C19H19ClN2/c1-2-6-18-13-22(14-21-18)19-10-4-3-8-16(19)11-15-7-5-9-17(20)12-15/h3-5,7-10,12-14H,2,6,11H2,1H3. The number of hydrogen-bond donors (Lipinski definition) is 0. The SMILES string of the molecule is CCCc1cn(-c2ccccc2Cc2cccc(Cl)c2)cn1. The Labute approximate surface area is 136 Å². The second kappa shape index (κ2) is 6.80. The highest BCUT2D eigenvalue weighted by Crippen LogP contribution is 2.20. The predicted octanol–water partition coefficient (Wildman–Crippen LogP) is 5.07. The van der Waals surface area contributed by atoms with Crippen LogP contribution in [0.1, 0.15) is 30.2 Å². The summed E-state index contributed by atoms with van der Waals surface area (Å²) >= 11 is 6.09. The van der Waals surface area contributed by atoms with Crippen molar-refractivity contribution in [1.29, 1.82) is 0 Å². The molecule has 2 nitrogen and oxygen atoms in total. The van der Waals surface area contributed by atoms with E-state index < -0.39 is 0 Å². The van der Waals surface area contributed by atoms with Gasteiger partial charge in [0, 0.05) is 16.9 Å². The van der Waals surface area contributed by atoms with Crippen molar-refractivity contribution in [3.63, 3.8) is 0 Å². The van der Waals surface area contributed by atoms with Crippen LogP contribution in [0.2, 0.25) is 5.02 Å². The van der Waals surface area contributed by atoms with Crippen molar-refractivity contribution in [2.75, 3.05) is 0 Å². The van der Waals surface area contributed by atoms with Crippen molar-refractivity contribution in [1.82, 2.24) is 9.55 Å².